The summed E-state index contributed by atoms with van der Waals surface area (Å²) in [5.41, 5.74) is 0.0867. The highest BCUT2D eigenvalue weighted by Gasteiger charge is 2.28. The van der Waals surface area contributed by atoms with E-state index >= 15 is 0 Å². The Balaban J connectivity index is 2.16. The van der Waals surface area contributed by atoms with E-state index in [0.717, 1.165) is 29.8 Å². The van der Waals surface area contributed by atoms with Crippen molar-refractivity contribution in [2.24, 2.45) is 0 Å². The molecular formula is C10H13BrClN3. The maximum absolute atomic E-state index is 5.84. The van der Waals surface area contributed by atoms with E-state index < -0.39 is 0 Å². The van der Waals surface area contributed by atoms with Crippen LogP contribution in [0.1, 0.15) is 13.3 Å². The minimum atomic E-state index is 0.0867. The predicted molar refractivity (Wildman–Crippen MR) is 66.5 cm³/mol. The molecule has 1 unspecified atom stereocenters. The van der Waals surface area contributed by atoms with E-state index in [-0.39, 0.29) is 5.54 Å². The summed E-state index contributed by atoms with van der Waals surface area (Å²) < 4.78 is 0.906. The lowest BCUT2D eigenvalue weighted by atomic mass is 10.0. The zero-order valence-corrected chi connectivity index (χ0v) is 10.8. The van der Waals surface area contributed by atoms with Gasteiger partial charge in [-0.25, -0.2) is 4.98 Å². The molecule has 1 atom stereocenters. The predicted octanol–water partition coefficient (Wildman–Crippen LogP) is 2.66. The van der Waals surface area contributed by atoms with E-state index in [4.69, 9.17) is 11.6 Å². The molecule has 0 bridgehead atoms. The van der Waals surface area contributed by atoms with E-state index in [0.29, 0.717) is 5.02 Å². The first-order chi connectivity index (χ1) is 7.09. The van der Waals surface area contributed by atoms with Crippen LogP contribution in [0, 0.1) is 0 Å². The summed E-state index contributed by atoms with van der Waals surface area (Å²) in [5.74, 6) is 0.852. The van der Waals surface area contributed by atoms with Gasteiger partial charge < -0.3 is 10.6 Å². The Bertz CT molecular complexity index is 364. The van der Waals surface area contributed by atoms with Gasteiger partial charge in [0.1, 0.15) is 5.82 Å². The first kappa shape index (κ1) is 11.2. The summed E-state index contributed by atoms with van der Waals surface area (Å²) in [6, 6.07) is 1.85. The second kappa shape index (κ2) is 4.28. The first-order valence-corrected chi connectivity index (χ1v) is 6.06. The van der Waals surface area contributed by atoms with Gasteiger partial charge in [0.25, 0.3) is 0 Å². The van der Waals surface area contributed by atoms with Gasteiger partial charge in [-0.05, 0) is 41.9 Å². The molecule has 0 amide bonds. The minimum absolute atomic E-state index is 0.0867. The molecule has 0 aromatic carbocycles. The molecule has 1 fully saturated rings. The summed E-state index contributed by atoms with van der Waals surface area (Å²) in [7, 11) is 0. The highest BCUT2D eigenvalue weighted by atomic mass is 79.9. The number of rotatable bonds is 2. The number of halogens is 2. The van der Waals surface area contributed by atoms with Gasteiger partial charge in [0.15, 0.2) is 0 Å². The van der Waals surface area contributed by atoms with Gasteiger partial charge >= 0.3 is 0 Å². The zero-order chi connectivity index (χ0) is 10.9. The molecule has 15 heavy (non-hydrogen) atoms. The molecule has 1 aliphatic rings. The van der Waals surface area contributed by atoms with Crippen molar-refractivity contribution in [2.75, 3.05) is 18.4 Å². The summed E-state index contributed by atoms with van der Waals surface area (Å²) in [4.78, 5) is 4.27. The second-order valence-corrected chi connectivity index (χ2v) is 5.39. The molecule has 0 aliphatic carbocycles. The first-order valence-electron chi connectivity index (χ1n) is 4.89. The fourth-order valence-corrected chi connectivity index (χ4v) is 2.45. The third-order valence-corrected chi connectivity index (χ3v) is 3.41. The Kier molecular flexibility index (Phi) is 3.19. The maximum atomic E-state index is 5.84. The monoisotopic (exact) mass is 289 g/mol. The molecule has 2 N–H and O–H groups in total. The summed E-state index contributed by atoms with van der Waals surface area (Å²) in [6.07, 6.45) is 2.75. The molecule has 0 saturated carbocycles. The number of aromatic nitrogens is 1. The Morgan fingerprint density at radius 2 is 2.47 bits per heavy atom. The maximum Gasteiger partial charge on any atom is 0.140 e. The highest BCUT2D eigenvalue weighted by molar-refractivity contribution is 9.10. The largest absolute Gasteiger partial charge is 0.363 e. The van der Waals surface area contributed by atoms with Crippen LogP contribution in [0.3, 0.4) is 0 Å². The fraction of sp³-hybridized carbons (Fsp3) is 0.500. The molecule has 3 nitrogen and oxygen atoms in total. The van der Waals surface area contributed by atoms with Crippen molar-refractivity contribution in [1.29, 1.82) is 0 Å². The van der Waals surface area contributed by atoms with Gasteiger partial charge in [-0.15, -0.1) is 0 Å². The van der Waals surface area contributed by atoms with Gasteiger partial charge in [-0.3, -0.25) is 0 Å². The van der Waals surface area contributed by atoms with Crippen molar-refractivity contribution in [3.63, 3.8) is 0 Å². The number of anilines is 1. The average molecular weight is 291 g/mol. The van der Waals surface area contributed by atoms with Crippen molar-refractivity contribution >= 4 is 33.3 Å². The number of pyridine rings is 1. The molecule has 2 rings (SSSR count). The number of nitrogens with zero attached hydrogens (tertiary/aromatic N) is 1. The van der Waals surface area contributed by atoms with Crippen molar-refractivity contribution in [3.05, 3.63) is 21.8 Å². The van der Waals surface area contributed by atoms with Gasteiger partial charge in [0.2, 0.25) is 0 Å². The van der Waals surface area contributed by atoms with Crippen molar-refractivity contribution in [3.8, 4) is 0 Å². The van der Waals surface area contributed by atoms with Gasteiger partial charge in [-0.2, -0.15) is 0 Å². The standard InChI is InChI=1S/C10H13BrClN3/c1-10(2-3-13-6-10)15-9-8(11)4-7(12)5-14-9/h4-5,13H,2-3,6H2,1H3,(H,14,15). The minimum Gasteiger partial charge on any atom is -0.363 e. The van der Waals surface area contributed by atoms with Crippen LogP contribution in [0.25, 0.3) is 0 Å². The Morgan fingerprint density at radius 3 is 3.07 bits per heavy atom. The lowest BCUT2D eigenvalue weighted by Gasteiger charge is -2.25. The molecule has 0 spiro atoms. The second-order valence-electron chi connectivity index (χ2n) is 4.10. The number of nitrogens with one attached hydrogen (secondary N) is 2. The molecule has 2 heterocycles. The average Bonchev–Trinajstić information content (AvgIpc) is 2.58. The van der Waals surface area contributed by atoms with E-state index in [1.165, 1.54) is 0 Å². The molecule has 5 heteroatoms. The third kappa shape index (κ3) is 2.62. The fourth-order valence-electron chi connectivity index (χ4n) is 1.72. The van der Waals surface area contributed by atoms with Gasteiger partial charge in [-0.1, -0.05) is 11.6 Å². The van der Waals surface area contributed by atoms with Crippen LogP contribution in [-0.4, -0.2) is 23.6 Å². The highest BCUT2D eigenvalue weighted by Crippen LogP contribution is 2.27. The smallest absolute Gasteiger partial charge is 0.140 e. The van der Waals surface area contributed by atoms with Crippen LogP contribution >= 0.6 is 27.5 Å². The van der Waals surface area contributed by atoms with Crippen LogP contribution in [0.15, 0.2) is 16.7 Å². The number of hydrogen-bond donors (Lipinski definition) is 2. The van der Waals surface area contributed by atoms with E-state index in [2.05, 4.69) is 38.5 Å². The SMILES string of the molecule is CC1(Nc2ncc(Cl)cc2Br)CCNC1. The number of hydrogen-bond acceptors (Lipinski definition) is 3. The molecule has 1 aromatic heterocycles. The summed E-state index contributed by atoms with van der Waals surface area (Å²) >= 11 is 9.28. The van der Waals surface area contributed by atoms with Crippen molar-refractivity contribution < 1.29 is 0 Å². The molecule has 82 valence electrons. The molecule has 1 aliphatic heterocycles. The molecule has 0 radical (unpaired) electrons. The lowest BCUT2D eigenvalue weighted by molar-refractivity contribution is 0.564. The van der Waals surface area contributed by atoms with E-state index in [1.807, 2.05) is 6.07 Å². The Morgan fingerprint density at radius 1 is 1.67 bits per heavy atom. The third-order valence-electron chi connectivity index (χ3n) is 2.60. The molecule has 1 saturated heterocycles. The van der Waals surface area contributed by atoms with Crippen LogP contribution in [0.2, 0.25) is 5.02 Å². The van der Waals surface area contributed by atoms with Crippen LogP contribution in [0.4, 0.5) is 5.82 Å². The van der Waals surface area contributed by atoms with Crippen LogP contribution in [0.5, 0.6) is 0 Å². The van der Waals surface area contributed by atoms with Crippen molar-refractivity contribution in [2.45, 2.75) is 18.9 Å². The molecular weight excluding hydrogens is 277 g/mol. The summed E-state index contributed by atoms with van der Waals surface area (Å²) in [5, 5.41) is 7.41. The quantitative estimate of drug-likeness (QED) is 0.879. The zero-order valence-electron chi connectivity index (χ0n) is 8.48. The van der Waals surface area contributed by atoms with E-state index in [9.17, 15) is 0 Å². The lowest BCUT2D eigenvalue weighted by Crippen LogP contribution is -2.37. The topological polar surface area (TPSA) is 37.0 Å². The van der Waals surface area contributed by atoms with E-state index in [1.54, 1.807) is 6.20 Å². The van der Waals surface area contributed by atoms with Gasteiger partial charge in [0, 0.05) is 18.3 Å². The van der Waals surface area contributed by atoms with Crippen LogP contribution in [-0.2, 0) is 0 Å². The van der Waals surface area contributed by atoms with Crippen molar-refractivity contribution in [1.82, 2.24) is 10.3 Å². The molecule has 1 aromatic rings. The summed E-state index contributed by atoms with van der Waals surface area (Å²) in [6.45, 7) is 4.20. The normalized spacial score (nSPS) is 25.5. The van der Waals surface area contributed by atoms with Crippen LogP contribution < -0.4 is 10.6 Å². The van der Waals surface area contributed by atoms with Gasteiger partial charge in [0.05, 0.1) is 9.50 Å². The Hall–Kier alpha value is -0.320. The Labute approximate surface area is 103 Å².